The Morgan fingerprint density at radius 2 is 1.65 bits per heavy atom. The van der Waals surface area contributed by atoms with Crippen LogP contribution in [0.25, 0.3) is 6.08 Å². The maximum atomic E-state index is 13.3. The quantitative estimate of drug-likeness (QED) is 0.319. The molecule has 7 heteroatoms. The molecule has 0 aliphatic carbocycles. The van der Waals surface area contributed by atoms with Gasteiger partial charge in [-0.2, -0.15) is 0 Å². The molecule has 0 aromatic heterocycles. The van der Waals surface area contributed by atoms with Crippen LogP contribution in [0.5, 0.6) is 11.5 Å². The Morgan fingerprint density at radius 1 is 0.941 bits per heavy atom. The van der Waals surface area contributed by atoms with E-state index < -0.39 is 11.8 Å². The highest BCUT2D eigenvalue weighted by molar-refractivity contribution is 7.80. The van der Waals surface area contributed by atoms with Crippen molar-refractivity contribution in [2.24, 2.45) is 0 Å². The van der Waals surface area contributed by atoms with Crippen molar-refractivity contribution in [3.8, 4) is 11.5 Å². The monoisotopic (exact) mass is 472 g/mol. The van der Waals surface area contributed by atoms with E-state index in [4.69, 9.17) is 21.7 Å². The number of carbonyl (C=O) groups is 2. The summed E-state index contributed by atoms with van der Waals surface area (Å²) in [4.78, 5) is 27.4. The summed E-state index contributed by atoms with van der Waals surface area (Å²) in [5, 5.41) is 2.68. The van der Waals surface area contributed by atoms with Crippen LogP contribution in [-0.2, 0) is 16.2 Å². The van der Waals surface area contributed by atoms with Crippen molar-refractivity contribution in [3.05, 3.63) is 94.6 Å². The average Bonchev–Trinajstić information content (AvgIpc) is 2.80. The number of anilines is 1. The van der Waals surface area contributed by atoms with E-state index in [0.717, 1.165) is 16.7 Å². The number of amides is 2. The zero-order valence-corrected chi connectivity index (χ0v) is 19.9. The van der Waals surface area contributed by atoms with Crippen molar-refractivity contribution in [1.82, 2.24) is 5.32 Å². The molecule has 2 amide bonds. The third-order valence-electron chi connectivity index (χ3n) is 5.30. The lowest BCUT2D eigenvalue weighted by atomic mass is 10.1. The molecule has 4 rings (SSSR count). The predicted molar refractivity (Wildman–Crippen MR) is 136 cm³/mol. The van der Waals surface area contributed by atoms with Crippen molar-refractivity contribution in [3.63, 3.8) is 0 Å². The molecule has 0 saturated carbocycles. The standard InChI is InChI=1S/C27H24N2O4S/c1-17-11-18(2)13-21(12-17)29-26(31)22(25(30)28-27(29)34)14-20-9-10-23(32-3)24(15-20)33-16-19-7-5-4-6-8-19/h4-15H,16H2,1-3H3,(H,28,30,34)/b22-14+. The molecule has 1 aliphatic rings. The van der Waals surface area contributed by atoms with Crippen molar-refractivity contribution >= 4 is 40.9 Å². The molecule has 1 fully saturated rings. The van der Waals surface area contributed by atoms with E-state index in [-0.39, 0.29) is 10.7 Å². The summed E-state index contributed by atoms with van der Waals surface area (Å²) >= 11 is 5.31. The summed E-state index contributed by atoms with van der Waals surface area (Å²) in [6.45, 7) is 4.24. The number of hydrogen-bond acceptors (Lipinski definition) is 5. The Labute approximate surface area is 203 Å². The Morgan fingerprint density at radius 3 is 2.32 bits per heavy atom. The minimum Gasteiger partial charge on any atom is -0.493 e. The molecule has 0 bridgehead atoms. The van der Waals surface area contributed by atoms with Gasteiger partial charge in [-0.05, 0) is 78.7 Å². The lowest BCUT2D eigenvalue weighted by Gasteiger charge is -2.29. The molecule has 0 spiro atoms. The third kappa shape index (κ3) is 5.00. The third-order valence-corrected chi connectivity index (χ3v) is 5.59. The van der Waals surface area contributed by atoms with Gasteiger partial charge in [-0.25, -0.2) is 0 Å². The van der Waals surface area contributed by atoms with Crippen molar-refractivity contribution in [2.45, 2.75) is 20.5 Å². The zero-order valence-electron chi connectivity index (χ0n) is 19.1. The molecule has 34 heavy (non-hydrogen) atoms. The summed E-state index contributed by atoms with van der Waals surface area (Å²) < 4.78 is 11.4. The van der Waals surface area contributed by atoms with Gasteiger partial charge in [-0.3, -0.25) is 19.8 Å². The fourth-order valence-electron chi connectivity index (χ4n) is 3.77. The Kier molecular flexibility index (Phi) is 6.75. The van der Waals surface area contributed by atoms with Crippen LogP contribution >= 0.6 is 12.2 Å². The number of carbonyl (C=O) groups excluding carboxylic acids is 2. The lowest BCUT2D eigenvalue weighted by molar-refractivity contribution is -0.122. The van der Waals surface area contributed by atoms with Crippen LogP contribution < -0.4 is 19.7 Å². The zero-order chi connectivity index (χ0) is 24.2. The van der Waals surface area contributed by atoms with Crippen LogP contribution in [0.2, 0.25) is 0 Å². The summed E-state index contributed by atoms with van der Waals surface area (Å²) in [7, 11) is 1.56. The highest BCUT2D eigenvalue weighted by Gasteiger charge is 2.34. The van der Waals surface area contributed by atoms with Crippen LogP contribution in [0.15, 0.2) is 72.3 Å². The van der Waals surface area contributed by atoms with Crippen molar-refractivity contribution < 1.29 is 19.1 Å². The maximum Gasteiger partial charge on any atom is 0.270 e. The van der Waals surface area contributed by atoms with Gasteiger partial charge >= 0.3 is 0 Å². The Balaban J connectivity index is 1.65. The van der Waals surface area contributed by atoms with Gasteiger partial charge in [-0.15, -0.1) is 0 Å². The predicted octanol–water partition coefficient (Wildman–Crippen LogP) is 4.72. The molecule has 1 N–H and O–H groups in total. The molecule has 0 unspecified atom stereocenters. The van der Waals surface area contributed by atoms with E-state index in [9.17, 15) is 9.59 Å². The molecule has 0 radical (unpaired) electrons. The smallest absolute Gasteiger partial charge is 0.270 e. The highest BCUT2D eigenvalue weighted by Crippen LogP contribution is 2.31. The van der Waals surface area contributed by atoms with Crippen molar-refractivity contribution in [1.29, 1.82) is 0 Å². The number of ether oxygens (including phenoxy) is 2. The first-order valence-electron chi connectivity index (χ1n) is 10.7. The molecule has 3 aromatic rings. The topological polar surface area (TPSA) is 67.9 Å². The summed E-state index contributed by atoms with van der Waals surface area (Å²) in [6, 6.07) is 20.7. The second-order valence-corrected chi connectivity index (χ2v) is 8.38. The second kappa shape index (κ2) is 9.89. The summed E-state index contributed by atoms with van der Waals surface area (Å²) in [5.41, 5.74) is 4.20. The van der Waals surface area contributed by atoms with Gasteiger partial charge in [0.2, 0.25) is 0 Å². The highest BCUT2D eigenvalue weighted by atomic mass is 32.1. The number of nitrogens with zero attached hydrogens (tertiary/aromatic N) is 1. The van der Waals surface area contributed by atoms with Gasteiger partial charge < -0.3 is 9.47 Å². The van der Waals surface area contributed by atoms with Gasteiger partial charge in [0.25, 0.3) is 11.8 Å². The summed E-state index contributed by atoms with van der Waals surface area (Å²) in [6.07, 6.45) is 1.53. The van der Waals surface area contributed by atoms with E-state index in [1.807, 2.05) is 62.4 Å². The number of rotatable bonds is 6. The molecule has 1 heterocycles. The van der Waals surface area contributed by atoms with E-state index in [1.54, 1.807) is 25.3 Å². The molecule has 1 aliphatic heterocycles. The largest absolute Gasteiger partial charge is 0.493 e. The van der Waals surface area contributed by atoms with Gasteiger partial charge in [0, 0.05) is 0 Å². The van der Waals surface area contributed by atoms with Crippen LogP contribution in [0.4, 0.5) is 5.69 Å². The van der Waals surface area contributed by atoms with E-state index in [2.05, 4.69) is 5.32 Å². The normalized spacial score (nSPS) is 14.9. The average molecular weight is 473 g/mol. The number of aryl methyl sites for hydroxylation is 2. The van der Waals surface area contributed by atoms with Crippen LogP contribution in [0.1, 0.15) is 22.3 Å². The van der Waals surface area contributed by atoms with Gasteiger partial charge in [-0.1, -0.05) is 42.5 Å². The first kappa shape index (κ1) is 23.2. The molecule has 0 atom stereocenters. The fourth-order valence-corrected chi connectivity index (χ4v) is 4.05. The van der Waals surface area contributed by atoms with E-state index in [0.29, 0.717) is 29.4 Å². The molecular formula is C27H24N2O4S. The lowest BCUT2D eigenvalue weighted by Crippen LogP contribution is -2.54. The van der Waals surface area contributed by atoms with Gasteiger partial charge in [0.1, 0.15) is 12.2 Å². The van der Waals surface area contributed by atoms with Crippen LogP contribution in [-0.4, -0.2) is 24.0 Å². The minimum atomic E-state index is -0.543. The van der Waals surface area contributed by atoms with E-state index in [1.165, 1.54) is 11.0 Å². The van der Waals surface area contributed by atoms with Crippen LogP contribution in [0.3, 0.4) is 0 Å². The van der Waals surface area contributed by atoms with E-state index >= 15 is 0 Å². The summed E-state index contributed by atoms with van der Waals surface area (Å²) in [5.74, 6) is 0.0288. The number of thiocarbonyl (C=S) groups is 1. The fraction of sp³-hybridized carbons (Fsp3) is 0.148. The second-order valence-electron chi connectivity index (χ2n) is 7.99. The molecule has 6 nitrogen and oxygen atoms in total. The number of benzene rings is 3. The first-order chi connectivity index (χ1) is 16.4. The SMILES string of the molecule is COc1ccc(/C=C2\C(=O)NC(=S)N(c3cc(C)cc(C)c3)C2=O)cc1OCc1ccccc1. The minimum absolute atomic E-state index is 0.0214. The number of methoxy groups -OCH3 is 1. The van der Waals surface area contributed by atoms with Gasteiger partial charge in [0.15, 0.2) is 16.6 Å². The number of nitrogens with one attached hydrogen (secondary N) is 1. The Hall–Kier alpha value is -3.97. The maximum absolute atomic E-state index is 13.3. The molecular weight excluding hydrogens is 448 g/mol. The molecule has 172 valence electrons. The van der Waals surface area contributed by atoms with Crippen LogP contribution in [0, 0.1) is 13.8 Å². The Bertz CT molecular complexity index is 1280. The first-order valence-corrected chi connectivity index (χ1v) is 11.1. The van der Waals surface area contributed by atoms with Crippen molar-refractivity contribution in [2.75, 3.05) is 12.0 Å². The number of hydrogen-bond donors (Lipinski definition) is 1. The van der Waals surface area contributed by atoms with Gasteiger partial charge in [0.05, 0.1) is 12.8 Å². The molecule has 3 aromatic carbocycles. The molecule has 1 saturated heterocycles.